The van der Waals surface area contributed by atoms with E-state index in [0.717, 1.165) is 58.6 Å². The zero-order valence-corrected chi connectivity index (χ0v) is 21.2. The van der Waals surface area contributed by atoms with E-state index in [1.165, 1.54) is 5.56 Å². The first-order valence-electron chi connectivity index (χ1n) is 12.4. The Bertz CT molecular complexity index is 1560. The summed E-state index contributed by atoms with van der Waals surface area (Å²) in [5.41, 5.74) is 8.91. The summed E-state index contributed by atoms with van der Waals surface area (Å²) in [7, 11) is 5.64. The number of anilines is 2. The fraction of sp³-hybridized carbons (Fsp3) is 0.296. The molecular weight excluding hydrogens is 466 g/mol. The third-order valence-electron chi connectivity index (χ3n) is 6.71. The monoisotopic (exact) mass is 495 g/mol. The fourth-order valence-corrected chi connectivity index (χ4v) is 4.87. The molecule has 4 heterocycles. The van der Waals surface area contributed by atoms with E-state index in [9.17, 15) is 0 Å². The van der Waals surface area contributed by atoms with Gasteiger partial charge in [0.25, 0.3) is 0 Å². The molecule has 4 aromatic heterocycles. The predicted molar refractivity (Wildman–Crippen MR) is 140 cm³/mol. The Labute approximate surface area is 214 Å². The number of nitrogens with one attached hydrogen (secondary N) is 1. The number of ether oxygens (including phenoxy) is 1. The minimum atomic E-state index is 0.525. The van der Waals surface area contributed by atoms with Crippen molar-refractivity contribution >= 4 is 11.8 Å². The lowest BCUT2D eigenvalue weighted by Crippen LogP contribution is -2.10. The number of methoxy groups -OCH3 is 1. The van der Waals surface area contributed by atoms with Crippen molar-refractivity contribution in [3.05, 3.63) is 77.6 Å². The molecule has 37 heavy (non-hydrogen) atoms. The summed E-state index contributed by atoms with van der Waals surface area (Å²) >= 11 is 0. The van der Waals surface area contributed by atoms with Gasteiger partial charge in [-0.15, -0.1) is 0 Å². The molecule has 188 valence electrons. The largest absolute Gasteiger partial charge is 0.383 e. The summed E-state index contributed by atoms with van der Waals surface area (Å²) in [4.78, 5) is 9.51. The molecule has 0 aliphatic heterocycles. The molecule has 0 radical (unpaired) electrons. The number of hydrogen-bond donors (Lipinski definition) is 1. The van der Waals surface area contributed by atoms with Crippen LogP contribution in [0.5, 0.6) is 0 Å². The molecule has 0 amide bonds. The molecule has 0 spiro atoms. The minimum Gasteiger partial charge on any atom is -0.383 e. The van der Waals surface area contributed by atoms with Crippen LogP contribution in [0, 0.1) is 0 Å². The number of benzene rings is 1. The lowest BCUT2D eigenvalue weighted by Gasteiger charge is -2.17. The molecular formula is C27H29N9O. The highest BCUT2D eigenvalue weighted by molar-refractivity contribution is 5.72. The first-order chi connectivity index (χ1) is 18.1. The van der Waals surface area contributed by atoms with Crippen molar-refractivity contribution in [1.29, 1.82) is 0 Å². The lowest BCUT2D eigenvalue weighted by atomic mass is 9.91. The van der Waals surface area contributed by atoms with E-state index in [2.05, 4.69) is 44.8 Å². The van der Waals surface area contributed by atoms with Gasteiger partial charge < -0.3 is 10.1 Å². The number of aryl methyl sites for hydroxylation is 4. The van der Waals surface area contributed by atoms with Crippen LogP contribution in [0.4, 0.5) is 11.8 Å². The first kappa shape index (κ1) is 23.1. The molecule has 10 nitrogen and oxygen atoms in total. The topological polar surface area (TPSA) is 100 Å². The quantitative estimate of drug-likeness (QED) is 0.351. The Balaban J connectivity index is 1.31. The molecule has 0 saturated heterocycles. The second-order valence-electron chi connectivity index (χ2n) is 9.32. The van der Waals surface area contributed by atoms with Crippen LogP contribution in [0.1, 0.15) is 22.5 Å². The van der Waals surface area contributed by atoms with Crippen LogP contribution in [-0.2, 0) is 44.6 Å². The SMILES string of the molecule is COCCn1ccc(Nc2ncc3c(n2)-c2c(nn(C)c2Cc2cccc(-c4cnn(C)c4)c2)CC3)n1. The molecule has 0 atom stereocenters. The Hall–Kier alpha value is -4.31. The second-order valence-corrected chi connectivity index (χ2v) is 9.32. The highest BCUT2D eigenvalue weighted by Crippen LogP contribution is 2.36. The average molecular weight is 496 g/mol. The Kier molecular flexibility index (Phi) is 6.01. The van der Waals surface area contributed by atoms with Crippen molar-refractivity contribution in [3.63, 3.8) is 0 Å². The maximum Gasteiger partial charge on any atom is 0.228 e. The molecule has 1 aliphatic carbocycles. The molecule has 5 aromatic rings. The molecule has 1 aromatic carbocycles. The summed E-state index contributed by atoms with van der Waals surface area (Å²) in [6.07, 6.45) is 10.3. The van der Waals surface area contributed by atoms with E-state index in [-0.39, 0.29) is 0 Å². The molecule has 0 saturated carbocycles. The number of nitrogens with zero attached hydrogens (tertiary/aromatic N) is 8. The number of aromatic nitrogens is 8. The van der Waals surface area contributed by atoms with Crippen LogP contribution in [0.2, 0.25) is 0 Å². The summed E-state index contributed by atoms with van der Waals surface area (Å²) in [5.74, 6) is 1.22. The smallest absolute Gasteiger partial charge is 0.228 e. The highest BCUT2D eigenvalue weighted by atomic mass is 16.5. The molecule has 0 bridgehead atoms. The van der Waals surface area contributed by atoms with Crippen LogP contribution < -0.4 is 5.32 Å². The van der Waals surface area contributed by atoms with Gasteiger partial charge in [-0.1, -0.05) is 24.3 Å². The molecule has 0 fully saturated rings. The van der Waals surface area contributed by atoms with Crippen LogP contribution in [0.15, 0.2) is 55.1 Å². The van der Waals surface area contributed by atoms with Gasteiger partial charge in [-0.3, -0.25) is 14.0 Å². The number of hydrogen-bond acceptors (Lipinski definition) is 7. The van der Waals surface area contributed by atoms with Crippen molar-refractivity contribution in [1.82, 2.24) is 39.3 Å². The Morgan fingerprint density at radius 1 is 1.05 bits per heavy atom. The van der Waals surface area contributed by atoms with Gasteiger partial charge >= 0.3 is 0 Å². The van der Waals surface area contributed by atoms with Crippen molar-refractivity contribution < 1.29 is 4.74 Å². The maximum absolute atomic E-state index is 5.14. The summed E-state index contributed by atoms with van der Waals surface area (Å²) in [6, 6.07) is 10.5. The summed E-state index contributed by atoms with van der Waals surface area (Å²) in [6.45, 7) is 1.29. The molecule has 1 aliphatic rings. The lowest BCUT2D eigenvalue weighted by molar-refractivity contribution is 0.183. The normalized spacial score (nSPS) is 12.4. The van der Waals surface area contributed by atoms with E-state index in [4.69, 9.17) is 14.8 Å². The summed E-state index contributed by atoms with van der Waals surface area (Å²) in [5, 5.41) is 17.0. The zero-order valence-electron chi connectivity index (χ0n) is 21.2. The third kappa shape index (κ3) is 4.63. The molecule has 10 heteroatoms. The van der Waals surface area contributed by atoms with Gasteiger partial charge in [0.1, 0.15) is 0 Å². The van der Waals surface area contributed by atoms with Gasteiger partial charge in [-0.2, -0.15) is 15.3 Å². The number of fused-ring (bicyclic) bond motifs is 3. The van der Waals surface area contributed by atoms with Gasteiger partial charge in [-0.25, -0.2) is 9.97 Å². The molecule has 6 rings (SSSR count). The fourth-order valence-electron chi connectivity index (χ4n) is 4.87. The van der Waals surface area contributed by atoms with Crippen LogP contribution in [0.25, 0.3) is 22.4 Å². The second kappa shape index (κ2) is 9.62. The van der Waals surface area contributed by atoms with E-state index < -0.39 is 0 Å². The van der Waals surface area contributed by atoms with Crippen molar-refractivity contribution in [2.24, 2.45) is 14.1 Å². The third-order valence-corrected chi connectivity index (χ3v) is 6.71. The number of rotatable bonds is 8. The predicted octanol–water partition coefficient (Wildman–Crippen LogP) is 3.55. The average Bonchev–Trinajstić information content (AvgIpc) is 3.62. The van der Waals surface area contributed by atoms with Crippen LogP contribution >= 0.6 is 0 Å². The van der Waals surface area contributed by atoms with E-state index in [1.807, 2.05) is 59.0 Å². The standard InChI is InChI=1S/C27H29N9O/c1-34-17-21(16-29-34)19-6-4-5-18(13-19)14-23-25-22(32-35(23)2)8-7-20-15-28-27(31-26(20)25)30-24-9-10-36(33-24)11-12-37-3/h4-6,9-10,13,15-17H,7-8,11-12,14H2,1-3H3,(H,28,30,31,33). The molecule has 1 N–H and O–H groups in total. The van der Waals surface area contributed by atoms with E-state index in [1.54, 1.807) is 7.11 Å². The Morgan fingerprint density at radius 3 is 2.81 bits per heavy atom. The van der Waals surface area contributed by atoms with Gasteiger partial charge in [0.2, 0.25) is 5.95 Å². The van der Waals surface area contributed by atoms with Gasteiger partial charge in [0, 0.05) is 63.4 Å². The molecule has 0 unspecified atom stereocenters. The summed E-state index contributed by atoms with van der Waals surface area (Å²) < 4.78 is 10.8. The van der Waals surface area contributed by atoms with Gasteiger partial charge in [0.05, 0.1) is 36.4 Å². The van der Waals surface area contributed by atoms with Crippen molar-refractivity contribution in [2.45, 2.75) is 25.8 Å². The minimum absolute atomic E-state index is 0.525. The van der Waals surface area contributed by atoms with Crippen LogP contribution in [-0.4, -0.2) is 53.0 Å². The van der Waals surface area contributed by atoms with E-state index in [0.29, 0.717) is 24.9 Å². The zero-order chi connectivity index (χ0) is 25.4. The maximum atomic E-state index is 5.14. The van der Waals surface area contributed by atoms with Crippen molar-refractivity contribution in [3.8, 4) is 22.4 Å². The van der Waals surface area contributed by atoms with Gasteiger partial charge in [0.15, 0.2) is 5.82 Å². The van der Waals surface area contributed by atoms with Gasteiger partial charge in [-0.05, 0) is 29.5 Å². The van der Waals surface area contributed by atoms with Crippen molar-refractivity contribution in [2.75, 3.05) is 19.0 Å². The Morgan fingerprint density at radius 2 is 1.97 bits per heavy atom. The first-order valence-corrected chi connectivity index (χ1v) is 12.4. The van der Waals surface area contributed by atoms with E-state index >= 15 is 0 Å². The van der Waals surface area contributed by atoms with Crippen LogP contribution in [0.3, 0.4) is 0 Å². The highest BCUT2D eigenvalue weighted by Gasteiger charge is 2.26.